The molecule has 1 atom stereocenters. The van der Waals surface area contributed by atoms with Crippen LogP contribution in [0.4, 0.5) is 0 Å². The summed E-state index contributed by atoms with van der Waals surface area (Å²) in [5, 5.41) is 0.487. The van der Waals surface area contributed by atoms with Gasteiger partial charge < -0.3 is 10.5 Å². The van der Waals surface area contributed by atoms with E-state index in [2.05, 4.69) is 0 Å². The maximum absolute atomic E-state index is 6.05. The first kappa shape index (κ1) is 12.7. The molecule has 0 aromatic heterocycles. The number of ether oxygens (including phenoxy) is 1. The number of nitrogens with two attached hydrogens (primary N) is 1. The van der Waals surface area contributed by atoms with Crippen molar-refractivity contribution >= 4 is 23.2 Å². The molecule has 1 aliphatic rings. The van der Waals surface area contributed by atoms with Crippen LogP contribution < -0.4 is 10.5 Å². The molecule has 0 amide bonds. The highest BCUT2D eigenvalue weighted by molar-refractivity contribution is 6.36. The number of benzene rings is 1. The lowest BCUT2D eigenvalue weighted by atomic mass is 9.88. The Balaban J connectivity index is 2.11. The van der Waals surface area contributed by atoms with Crippen molar-refractivity contribution in [3.63, 3.8) is 0 Å². The van der Waals surface area contributed by atoms with Gasteiger partial charge in [-0.2, -0.15) is 0 Å². The predicted molar refractivity (Wildman–Crippen MR) is 71.6 cm³/mol. The fraction of sp³-hybridized carbons (Fsp3) is 0.385. The molecule has 2 nitrogen and oxygen atoms in total. The van der Waals surface area contributed by atoms with Gasteiger partial charge in [0.25, 0.3) is 0 Å². The maximum atomic E-state index is 6.05. The van der Waals surface area contributed by atoms with Gasteiger partial charge in [-0.05, 0) is 42.5 Å². The van der Waals surface area contributed by atoms with Crippen molar-refractivity contribution in [2.75, 3.05) is 6.61 Å². The van der Waals surface area contributed by atoms with Crippen molar-refractivity contribution in [2.24, 2.45) is 5.73 Å². The van der Waals surface area contributed by atoms with Gasteiger partial charge >= 0.3 is 0 Å². The van der Waals surface area contributed by atoms with Crippen LogP contribution in [0.3, 0.4) is 0 Å². The van der Waals surface area contributed by atoms with E-state index >= 15 is 0 Å². The van der Waals surface area contributed by atoms with Crippen molar-refractivity contribution < 1.29 is 4.74 Å². The van der Waals surface area contributed by atoms with Gasteiger partial charge in [-0.1, -0.05) is 29.3 Å². The highest BCUT2D eigenvalue weighted by Gasteiger charge is 2.16. The van der Waals surface area contributed by atoms with Gasteiger partial charge in [0.05, 0.1) is 5.03 Å². The molecule has 1 aromatic carbocycles. The first-order valence-corrected chi connectivity index (χ1v) is 6.48. The smallest absolute Gasteiger partial charge is 0.125 e. The normalized spacial score (nSPS) is 19.9. The van der Waals surface area contributed by atoms with Gasteiger partial charge in [0, 0.05) is 11.6 Å². The van der Waals surface area contributed by atoms with E-state index in [-0.39, 0.29) is 6.04 Å². The second-order valence-electron chi connectivity index (χ2n) is 4.20. The molecule has 0 fully saturated rings. The third kappa shape index (κ3) is 3.15. The molecule has 0 saturated carbocycles. The molecular weight excluding hydrogens is 257 g/mol. The van der Waals surface area contributed by atoms with E-state index in [1.807, 2.05) is 18.2 Å². The number of fused-ring (bicyclic) bond motifs is 1. The summed E-state index contributed by atoms with van der Waals surface area (Å²) in [5.41, 5.74) is 9.89. The second kappa shape index (κ2) is 5.76. The topological polar surface area (TPSA) is 35.2 Å². The molecule has 17 heavy (non-hydrogen) atoms. The van der Waals surface area contributed by atoms with Crippen molar-refractivity contribution in [3.05, 3.63) is 39.9 Å². The van der Waals surface area contributed by atoms with Crippen LogP contribution in [0.5, 0.6) is 5.75 Å². The van der Waals surface area contributed by atoms with Crippen molar-refractivity contribution in [1.82, 2.24) is 0 Å². The lowest BCUT2D eigenvalue weighted by Crippen LogP contribution is -2.17. The van der Waals surface area contributed by atoms with E-state index in [9.17, 15) is 0 Å². The van der Waals surface area contributed by atoms with E-state index in [0.717, 1.165) is 25.0 Å². The molecule has 1 aromatic rings. The van der Waals surface area contributed by atoms with E-state index < -0.39 is 0 Å². The largest absolute Gasteiger partial charge is 0.488 e. The van der Waals surface area contributed by atoms with Gasteiger partial charge in [-0.3, -0.25) is 0 Å². The van der Waals surface area contributed by atoms with Gasteiger partial charge in [0.2, 0.25) is 0 Å². The molecule has 0 radical (unpaired) electrons. The Morgan fingerprint density at radius 1 is 1.53 bits per heavy atom. The summed E-state index contributed by atoms with van der Waals surface area (Å²) in [5.74, 6) is 0.814. The third-order valence-corrected chi connectivity index (χ3v) is 3.56. The summed E-state index contributed by atoms with van der Waals surface area (Å²) < 4.78 is 5.53. The van der Waals surface area contributed by atoms with Crippen LogP contribution >= 0.6 is 23.2 Å². The molecule has 0 aliphatic heterocycles. The molecule has 1 aliphatic carbocycles. The van der Waals surface area contributed by atoms with E-state index in [1.165, 1.54) is 16.7 Å². The lowest BCUT2D eigenvalue weighted by Gasteiger charge is -2.22. The number of halogens is 2. The zero-order chi connectivity index (χ0) is 12.3. The Morgan fingerprint density at radius 3 is 3.12 bits per heavy atom. The van der Waals surface area contributed by atoms with E-state index in [0.29, 0.717) is 11.6 Å². The maximum Gasteiger partial charge on any atom is 0.125 e. The molecule has 0 spiro atoms. The van der Waals surface area contributed by atoms with Crippen LogP contribution in [0.15, 0.2) is 28.8 Å². The summed E-state index contributed by atoms with van der Waals surface area (Å²) in [4.78, 5) is 0. The lowest BCUT2D eigenvalue weighted by molar-refractivity contribution is 0.358. The van der Waals surface area contributed by atoms with Crippen molar-refractivity contribution in [2.45, 2.75) is 25.3 Å². The van der Waals surface area contributed by atoms with Crippen molar-refractivity contribution in [1.29, 1.82) is 0 Å². The monoisotopic (exact) mass is 271 g/mol. The molecular formula is C13H15Cl2NO. The summed E-state index contributed by atoms with van der Waals surface area (Å²) in [6.07, 6.45) is 3.27. The van der Waals surface area contributed by atoms with Gasteiger partial charge in [-0.15, -0.1) is 0 Å². The van der Waals surface area contributed by atoms with Crippen molar-refractivity contribution in [3.8, 4) is 5.75 Å². The van der Waals surface area contributed by atoms with E-state index in [4.69, 9.17) is 33.7 Å². The Morgan fingerprint density at radius 2 is 2.35 bits per heavy atom. The van der Waals surface area contributed by atoms with Gasteiger partial charge in [0.15, 0.2) is 0 Å². The molecule has 0 bridgehead atoms. The number of hydrogen-bond donors (Lipinski definition) is 1. The van der Waals surface area contributed by atoms with Gasteiger partial charge in [-0.25, -0.2) is 0 Å². The minimum atomic E-state index is 0.166. The minimum absolute atomic E-state index is 0.166. The van der Waals surface area contributed by atoms with Crippen LogP contribution in [0.25, 0.3) is 0 Å². The number of aryl methyl sites for hydroxylation is 1. The highest BCUT2D eigenvalue weighted by atomic mass is 35.5. The molecule has 92 valence electrons. The van der Waals surface area contributed by atoms with Crippen LogP contribution in [-0.2, 0) is 6.42 Å². The zero-order valence-corrected chi connectivity index (χ0v) is 11.0. The summed E-state index contributed by atoms with van der Waals surface area (Å²) in [6, 6.07) is 6.20. The molecule has 4 heteroatoms. The summed E-state index contributed by atoms with van der Waals surface area (Å²) in [6.45, 7) is 0.301. The summed E-state index contributed by atoms with van der Waals surface area (Å²) in [7, 11) is 0. The zero-order valence-electron chi connectivity index (χ0n) is 9.46. The number of hydrogen-bond acceptors (Lipinski definition) is 2. The summed E-state index contributed by atoms with van der Waals surface area (Å²) >= 11 is 11.2. The molecule has 1 unspecified atom stereocenters. The highest BCUT2D eigenvalue weighted by Crippen LogP contribution is 2.30. The number of rotatable bonds is 3. The van der Waals surface area contributed by atoms with Crippen LogP contribution in [0.1, 0.15) is 30.0 Å². The Labute approximate surface area is 111 Å². The average molecular weight is 272 g/mol. The third-order valence-electron chi connectivity index (χ3n) is 2.97. The minimum Gasteiger partial charge on any atom is -0.488 e. The first-order chi connectivity index (χ1) is 8.20. The first-order valence-electron chi connectivity index (χ1n) is 5.66. The molecule has 2 N–H and O–H groups in total. The SMILES string of the molecule is NC1CCCc2cc(OCC(Cl)=CCl)ccc21. The average Bonchev–Trinajstić information content (AvgIpc) is 2.36. The Hall–Kier alpha value is -0.700. The van der Waals surface area contributed by atoms with Crippen LogP contribution in [0.2, 0.25) is 0 Å². The molecule has 0 saturated heterocycles. The molecule has 0 heterocycles. The standard InChI is InChI=1S/C13H15Cl2NO/c14-7-10(15)8-17-11-4-5-12-9(6-11)2-1-3-13(12)16/h4-7,13H,1-3,8,16H2. The van der Waals surface area contributed by atoms with E-state index in [1.54, 1.807) is 0 Å². The fourth-order valence-electron chi connectivity index (χ4n) is 2.10. The van der Waals surface area contributed by atoms with Gasteiger partial charge in [0.1, 0.15) is 12.4 Å². The fourth-order valence-corrected chi connectivity index (χ4v) is 2.22. The predicted octanol–water partition coefficient (Wildman–Crippen LogP) is 3.72. The second-order valence-corrected chi connectivity index (χ2v) is 4.91. The Bertz CT molecular complexity index is 431. The Kier molecular flexibility index (Phi) is 4.32. The van der Waals surface area contributed by atoms with Crippen LogP contribution in [0, 0.1) is 0 Å². The molecule has 2 rings (SSSR count). The quantitative estimate of drug-likeness (QED) is 0.910. The van der Waals surface area contributed by atoms with Crippen LogP contribution in [-0.4, -0.2) is 6.61 Å².